The second kappa shape index (κ2) is 4.67. The highest BCUT2D eigenvalue weighted by atomic mass is 16.1. The zero-order valence-electron chi connectivity index (χ0n) is 10.6. The number of nitrogens with zero attached hydrogens (tertiary/aromatic N) is 2. The topological polar surface area (TPSA) is 54.9 Å². The Bertz CT molecular complexity index is 422. The summed E-state index contributed by atoms with van der Waals surface area (Å²) in [4.78, 5) is 19.9. The first-order valence-electron chi connectivity index (χ1n) is 6.88. The van der Waals surface area contributed by atoms with E-state index in [1.807, 2.05) is 0 Å². The van der Waals surface area contributed by atoms with Crippen molar-refractivity contribution in [3.8, 4) is 0 Å². The standard InChI is InChI=1S/C14H19N3O/c18-13(11-8-15-10-16-9-11)17-14(6-7-14)12-4-2-1-3-5-12/h8-10,12H,1-7H2,(H,17,18). The van der Waals surface area contributed by atoms with Crippen molar-refractivity contribution in [3.63, 3.8) is 0 Å². The van der Waals surface area contributed by atoms with Crippen molar-refractivity contribution in [1.82, 2.24) is 15.3 Å². The summed E-state index contributed by atoms with van der Waals surface area (Å²) in [5.41, 5.74) is 0.660. The van der Waals surface area contributed by atoms with Crippen LogP contribution in [0.3, 0.4) is 0 Å². The molecule has 0 atom stereocenters. The van der Waals surface area contributed by atoms with Crippen LogP contribution in [0.2, 0.25) is 0 Å². The summed E-state index contributed by atoms with van der Waals surface area (Å²) in [5, 5.41) is 3.23. The van der Waals surface area contributed by atoms with E-state index in [4.69, 9.17) is 0 Å². The van der Waals surface area contributed by atoms with Gasteiger partial charge in [-0.3, -0.25) is 4.79 Å². The molecular weight excluding hydrogens is 226 g/mol. The first kappa shape index (κ1) is 11.6. The van der Waals surface area contributed by atoms with Crippen LogP contribution >= 0.6 is 0 Å². The average molecular weight is 245 g/mol. The van der Waals surface area contributed by atoms with Crippen LogP contribution in [-0.4, -0.2) is 21.4 Å². The number of hydrogen-bond acceptors (Lipinski definition) is 3. The summed E-state index contributed by atoms with van der Waals surface area (Å²) in [7, 11) is 0. The van der Waals surface area contributed by atoms with Crippen LogP contribution in [0.15, 0.2) is 18.7 Å². The Labute approximate surface area is 107 Å². The Morgan fingerprint density at radius 2 is 1.83 bits per heavy atom. The van der Waals surface area contributed by atoms with Crippen LogP contribution in [0, 0.1) is 5.92 Å². The molecule has 0 aromatic carbocycles. The largest absolute Gasteiger partial charge is 0.346 e. The Morgan fingerprint density at radius 3 is 2.44 bits per heavy atom. The van der Waals surface area contributed by atoms with Gasteiger partial charge in [-0.05, 0) is 31.6 Å². The molecule has 1 heterocycles. The third-order valence-corrected chi connectivity index (χ3v) is 4.36. The van der Waals surface area contributed by atoms with Crippen LogP contribution in [-0.2, 0) is 0 Å². The van der Waals surface area contributed by atoms with Gasteiger partial charge in [0.1, 0.15) is 6.33 Å². The first-order chi connectivity index (χ1) is 8.80. The Morgan fingerprint density at radius 1 is 1.17 bits per heavy atom. The smallest absolute Gasteiger partial charge is 0.254 e. The molecule has 4 nitrogen and oxygen atoms in total. The maximum Gasteiger partial charge on any atom is 0.254 e. The third-order valence-electron chi connectivity index (χ3n) is 4.36. The van der Waals surface area contributed by atoms with E-state index in [1.54, 1.807) is 12.4 Å². The zero-order chi connectivity index (χ0) is 12.4. The predicted molar refractivity (Wildman–Crippen MR) is 68.0 cm³/mol. The van der Waals surface area contributed by atoms with Gasteiger partial charge in [-0.2, -0.15) is 0 Å². The lowest BCUT2D eigenvalue weighted by Crippen LogP contribution is -2.43. The van der Waals surface area contributed by atoms with Crippen molar-refractivity contribution >= 4 is 5.91 Å². The Kier molecular flexibility index (Phi) is 3.02. The van der Waals surface area contributed by atoms with Crippen molar-refractivity contribution in [1.29, 1.82) is 0 Å². The second-order valence-electron chi connectivity index (χ2n) is 5.57. The van der Waals surface area contributed by atoms with Gasteiger partial charge in [-0.1, -0.05) is 19.3 Å². The maximum absolute atomic E-state index is 12.2. The van der Waals surface area contributed by atoms with Gasteiger partial charge in [0.05, 0.1) is 5.56 Å². The number of hydrogen-bond donors (Lipinski definition) is 1. The van der Waals surface area contributed by atoms with Crippen LogP contribution in [0.4, 0.5) is 0 Å². The summed E-state index contributed by atoms with van der Waals surface area (Å²) in [6.07, 6.45) is 13.4. The lowest BCUT2D eigenvalue weighted by Gasteiger charge is -2.31. The van der Waals surface area contributed by atoms with Crippen LogP contribution in [0.25, 0.3) is 0 Å². The fourth-order valence-electron chi connectivity index (χ4n) is 3.14. The molecule has 18 heavy (non-hydrogen) atoms. The number of nitrogens with one attached hydrogen (secondary N) is 1. The molecule has 2 aliphatic carbocycles. The number of amides is 1. The summed E-state index contributed by atoms with van der Waals surface area (Å²) in [5.74, 6) is 0.665. The quantitative estimate of drug-likeness (QED) is 0.889. The predicted octanol–water partition coefficient (Wildman–Crippen LogP) is 2.32. The lowest BCUT2D eigenvalue weighted by molar-refractivity contribution is 0.0901. The average Bonchev–Trinajstić information content (AvgIpc) is 3.22. The van der Waals surface area contributed by atoms with Gasteiger partial charge >= 0.3 is 0 Å². The van der Waals surface area contributed by atoms with E-state index in [0.29, 0.717) is 11.5 Å². The van der Waals surface area contributed by atoms with Crippen molar-refractivity contribution in [3.05, 3.63) is 24.3 Å². The summed E-state index contributed by atoms with van der Waals surface area (Å²) < 4.78 is 0. The second-order valence-corrected chi connectivity index (χ2v) is 5.57. The monoisotopic (exact) mass is 245 g/mol. The molecule has 0 spiro atoms. The van der Waals surface area contributed by atoms with Crippen LogP contribution in [0.1, 0.15) is 55.3 Å². The fraction of sp³-hybridized carbons (Fsp3) is 0.643. The van der Waals surface area contributed by atoms with Crippen LogP contribution in [0.5, 0.6) is 0 Å². The molecule has 1 aromatic rings. The Balaban J connectivity index is 1.67. The van der Waals surface area contributed by atoms with Crippen LogP contribution < -0.4 is 5.32 Å². The summed E-state index contributed by atoms with van der Waals surface area (Å²) in [6, 6.07) is 0. The molecule has 0 bridgehead atoms. The van der Waals surface area contributed by atoms with E-state index in [0.717, 1.165) is 12.8 Å². The summed E-state index contributed by atoms with van der Waals surface area (Å²) >= 11 is 0. The highest BCUT2D eigenvalue weighted by Crippen LogP contribution is 2.48. The molecule has 0 aliphatic heterocycles. The van der Waals surface area contributed by atoms with Crippen molar-refractivity contribution in [2.45, 2.75) is 50.5 Å². The SMILES string of the molecule is O=C(NC1(C2CCCCC2)CC1)c1cncnc1. The molecule has 0 radical (unpaired) electrons. The number of carbonyl (C=O) groups excluding carboxylic acids is 1. The Hall–Kier alpha value is -1.45. The molecule has 0 unspecified atom stereocenters. The van der Waals surface area contributed by atoms with Gasteiger partial charge in [0.25, 0.3) is 5.91 Å². The van der Waals surface area contributed by atoms with Gasteiger partial charge < -0.3 is 5.32 Å². The van der Waals surface area contributed by atoms with Gasteiger partial charge in [0.2, 0.25) is 0 Å². The summed E-state index contributed by atoms with van der Waals surface area (Å²) in [6.45, 7) is 0. The maximum atomic E-state index is 12.2. The van der Waals surface area contributed by atoms with Gasteiger partial charge in [0, 0.05) is 17.9 Å². The first-order valence-corrected chi connectivity index (χ1v) is 6.88. The van der Waals surface area contributed by atoms with E-state index in [2.05, 4.69) is 15.3 Å². The van der Waals surface area contributed by atoms with Gasteiger partial charge in [-0.15, -0.1) is 0 Å². The fourth-order valence-corrected chi connectivity index (χ4v) is 3.14. The van der Waals surface area contributed by atoms with E-state index in [1.165, 1.54) is 38.4 Å². The third kappa shape index (κ3) is 2.24. The minimum absolute atomic E-state index is 0.0151. The molecule has 4 heteroatoms. The lowest BCUT2D eigenvalue weighted by atomic mass is 9.82. The normalized spacial score (nSPS) is 22.4. The molecule has 1 aromatic heterocycles. The van der Waals surface area contributed by atoms with Gasteiger partial charge in [-0.25, -0.2) is 9.97 Å². The van der Waals surface area contributed by atoms with E-state index in [9.17, 15) is 4.79 Å². The van der Waals surface area contributed by atoms with Crippen molar-refractivity contribution in [2.75, 3.05) is 0 Å². The molecule has 2 fully saturated rings. The molecule has 1 amide bonds. The highest BCUT2D eigenvalue weighted by molar-refractivity contribution is 5.94. The van der Waals surface area contributed by atoms with Crippen molar-refractivity contribution < 1.29 is 4.79 Å². The molecule has 2 saturated carbocycles. The molecule has 3 rings (SSSR count). The van der Waals surface area contributed by atoms with E-state index >= 15 is 0 Å². The van der Waals surface area contributed by atoms with E-state index < -0.39 is 0 Å². The zero-order valence-corrected chi connectivity index (χ0v) is 10.6. The highest BCUT2D eigenvalue weighted by Gasteiger charge is 2.50. The molecule has 0 saturated heterocycles. The molecular formula is C14H19N3O. The molecule has 96 valence electrons. The van der Waals surface area contributed by atoms with Gasteiger partial charge in [0.15, 0.2) is 0 Å². The van der Waals surface area contributed by atoms with E-state index in [-0.39, 0.29) is 11.4 Å². The number of carbonyl (C=O) groups is 1. The number of aromatic nitrogens is 2. The minimum atomic E-state index is -0.0151. The minimum Gasteiger partial charge on any atom is -0.346 e. The number of rotatable bonds is 3. The van der Waals surface area contributed by atoms with Crippen molar-refractivity contribution in [2.24, 2.45) is 5.92 Å². The molecule has 1 N–H and O–H groups in total. The molecule has 2 aliphatic rings.